The van der Waals surface area contributed by atoms with Gasteiger partial charge in [-0.2, -0.15) is 0 Å². The highest BCUT2D eigenvalue weighted by Crippen LogP contribution is 2.13. The second kappa shape index (κ2) is 10.8. The molecule has 158 valence electrons. The van der Waals surface area contributed by atoms with Gasteiger partial charge in [0.1, 0.15) is 6.54 Å². The lowest BCUT2D eigenvalue weighted by molar-refractivity contribution is -0.147. The number of carbonyl (C=O) groups excluding carboxylic acids is 3. The summed E-state index contributed by atoms with van der Waals surface area (Å²) in [5, 5.41) is 5.85. The van der Waals surface area contributed by atoms with Crippen LogP contribution in [0.1, 0.15) is 22.3 Å². The molecule has 0 spiro atoms. The van der Waals surface area contributed by atoms with E-state index in [0.29, 0.717) is 10.6 Å². The number of hydrogen-bond donors (Lipinski definition) is 2. The monoisotopic (exact) mass is 429 g/mol. The van der Waals surface area contributed by atoms with Crippen LogP contribution in [0.2, 0.25) is 5.02 Å². The maximum atomic E-state index is 12.1. The lowest BCUT2D eigenvalue weighted by Gasteiger charge is -2.16. The van der Waals surface area contributed by atoms with Crippen molar-refractivity contribution in [1.82, 2.24) is 15.5 Å². The SMILES string of the molecule is O=C(COC(=O)CNC(=O)c1ccc(Cl)cc1)NC1CCN(Cc2ccccc2)C1. The molecule has 1 unspecified atom stereocenters. The molecule has 0 radical (unpaired) electrons. The number of esters is 1. The van der Waals surface area contributed by atoms with E-state index in [1.165, 1.54) is 5.56 Å². The fraction of sp³-hybridized carbons (Fsp3) is 0.318. The van der Waals surface area contributed by atoms with E-state index in [1.807, 2.05) is 18.2 Å². The van der Waals surface area contributed by atoms with E-state index in [4.69, 9.17) is 16.3 Å². The quantitative estimate of drug-likeness (QED) is 0.627. The van der Waals surface area contributed by atoms with Crippen molar-refractivity contribution >= 4 is 29.4 Å². The smallest absolute Gasteiger partial charge is 0.325 e. The Labute approximate surface area is 180 Å². The Morgan fingerprint density at radius 1 is 1.07 bits per heavy atom. The molecule has 8 heteroatoms. The minimum absolute atomic E-state index is 0.0320. The maximum Gasteiger partial charge on any atom is 0.325 e. The highest BCUT2D eigenvalue weighted by atomic mass is 35.5. The molecule has 3 rings (SSSR count). The van der Waals surface area contributed by atoms with Crippen LogP contribution in [0.3, 0.4) is 0 Å². The minimum Gasteiger partial charge on any atom is -0.454 e. The van der Waals surface area contributed by atoms with Crippen molar-refractivity contribution in [2.75, 3.05) is 26.2 Å². The molecular formula is C22H24ClN3O4. The van der Waals surface area contributed by atoms with Gasteiger partial charge in [-0.05, 0) is 36.2 Å². The van der Waals surface area contributed by atoms with Crippen molar-refractivity contribution in [3.05, 3.63) is 70.7 Å². The summed E-state index contributed by atoms with van der Waals surface area (Å²) in [5.74, 6) is -1.44. The summed E-state index contributed by atoms with van der Waals surface area (Å²) in [4.78, 5) is 38.1. The molecule has 7 nitrogen and oxygen atoms in total. The van der Waals surface area contributed by atoms with Gasteiger partial charge in [-0.25, -0.2) is 0 Å². The molecule has 1 aliphatic rings. The van der Waals surface area contributed by atoms with Crippen LogP contribution in [0.5, 0.6) is 0 Å². The van der Waals surface area contributed by atoms with Crippen LogP contribution in [-0.2, 0) is 20.9 Å². The first kappa shape index (κ1) is 21.8. The summed E-state index contributed by atoms with van der Waals surface area (Å²) in [7, 11) is 0. The number of hydrogen-bond acceptors (Lipinski definition) is 5. The highest BCUT2D eigenvalue weighted by Gasteiger charge is 2.24. The van der Waals surface area contributed by atoms with Crippen LogP contribution in [0, 0.1) is 0 Å². The number of likely N-dealkylation sites (tertiary alicyclic amines) is 1. The standard InChI is InChI=1S/C22H24ClN3O4/c23-18-8-6-17(7-9-18)22(29)24-12-21(28)30-15-20(27)25-19-10-11-26(14-19)13-16-4-2-1-3-5-16/h1-9,19H,10-15H2,(H,24,29)(H,25,27). The molecule has 2 amide bonds. The second-order valence-corrected chi connectivity index (χ2v) is 7.56. The molecule has 0 aliphatic carbocycles. The van der Waals surface area contributed by atoms with Crippen LogP contribution < -0.4 is 10.6 Å². The summed E-state index contributed by atoms with van der Waals surface area (Å²) >= 11 is 5.77. The molecule has 1 heterocycles. The first-order chi connectivity index (χ1) is 14.5. The number of ether oxygens (including phenoxy) is 1. The molecule has 1 aliphatic heterocycles. The van der Waals surface area contributed by atoms with E-state index >= 15 is 0 Å². The topological polar surface area (TPSA) is 87.7 Å². The lowest BCUT2D eigenvalue weighted by atomic mass is 10.2. The van der Waals surface area contributed by atoms with Gasteiger partial charge in [0.2, 0.25) is 0 Å². The van der Waals surface area contributed by atoms with Crippen molar-refractivity contribution in [2.24, 2.45) is 0 Å². The zero-order valence-electron chi connectivity index (χ0n) is 16.5. The van der Waals surface area contributed by atoms with E-state index in [1.54, 1.807) is 24.3 Å². The number of rotatable bonds is 8. The molecule has 2 aromatic rings. The van der Waals surface area contributed by atoms with Crippen LogP contribution in [0.25, 0.3) is 0 Å². The van der Waals surface area contributed by atoms with Crippen molar-refractivity contribution < 1.29 is 19.1 Å². The summed E-state index contributed by atoms with van der Waals surface area (Å²) in [6, 6.07) is 16.5. The fourth-order valence-corrected chi connectivity index (χ4v) is 3.38. The number of halogens is 1. The Kier molecular flexibility index (Phi) is 7.82. The normalized spacial score (nSPS) is 16.1. The zero-order valence-corrected chi connectivity index (χ0v) is 17.2. The minimum atomic E-state index is -0.676. The average Bonchev–Trinajstić information content (AvgIpc) is 3.18. The Hall–Kier alpha value is -2.90. The van der Waals surface area contributed by atoms with Gasteiger partial charge in [0.05, 0.1) is 0 Å². The molecule has 1 saturated heterocycles. The van der Waals surface area contributed by atoms with Gasteiger partial charge in [-0.3, -0.25) is 19.3 Å². The van der Waals surface area contributed by atoms with Gasteiger partial charge < -0.3 is 15.4 Å². The van der Waals surface area contributed by atoms with Crippen molar-refractivity contribution in [2.45, 2.75) is 19.0 Å². The van der Waals surface area contributed by atoms with Gasteiger partial charge >= 0.3 is 5.97 Å². The Balaban J connectivity index is 1.32. The highest BCUT2D eigenvalue weighted by molar-refractivity contribution is 6.30. The van der Waals surface area contributed by atoms with E-state index in [0.717, 1.165) is 26.1 Å². The zero-order chi connectivity index (χ0) is 21.3. The van der Waals surface area contributed by atoms with E-state index < -0.39 is 11.9 Å². The molecule has 0 saturated carbocycles. The first-order valence-electron chi connectivity index (χ1n) is 9.74. The average molecular weight is 430 g/mol. The molecule has 30 heavy (non-hydrogen) atoms. The van der Waals surface area contributed by atoms with E-state index in [2.05, 4.69) is 27.7 Å². The fourth-order valence-electron chi connectivity index (χ4n) is 3.26. The van der Waals surface area contributed by atoms with Crippen molar-refractivity contribution in [1.29, 1.82) is 0 Å². The van der Waals surface area contributed by atoms with Crippen molar-refractivity contribution in [3.8, 4) is 0 Å². The number of nitrogens with one attached hydrogen (secondary N) is 2. The largest absolute Gasteiger partial charge is 0.454 e. The lowest BCUT2D eigenvalue weighted by Crippen LogP contribution is -2.40. The van der Waals surface area contributed by atoms with Crippen LogP contribution in [0.15, 0.2) is 54.6 Å². The summed E-state index contributed by atoms with van der Waals surface area (Å²) in [5.41, 5.74) is 1.62. The van der Waals surface area contributed by atoms with Crippen LogP contribution in [-0.4, -0.2) is 55.0 Å². The van der Waals surface area contributed by atoms with Gasteiger partial charge in [0.15, 0.2) is 6.61 Å². The van der Waals surface area contributed by atoms with E-state index in [-0.39, 0.29) is 25.1 Å². The number of benzene rings is 2. The number of amides is 2. The van der Waals surface area contributed by atoms with E-state index in [9.17, 15) is 14.4 Å². The van der Waals surface area contributed by atoms with Crippen molar-refractivity contribution in [3.63, 3.8) is 0 Å². The maximum absolute atomic E-state index is 12.1. The molecular weight excluding hydrogens is 406 g/mol. The van der Waals surface area contributed by atoms with Gasteiger partial charge in [-0.15, -0.1) is 0 Å². The predicted octanol–water partition coefficient (Wildman–Crippen LogP) is 2.00. The van der Waals surface area contributed by atoms with Gasteiger partial charge in [0.25, 0.3) is 11.8 Å². The second-order valence-electron chi connectivity index (χ2n) is 7.12. The molecule has 0 bridgehead atoms. The molecule has 2 aromatic carbocycles. The Morgan fingerprint density at radius 2 is 1.80 bits per heavy atom. The Morgan fingerprint density at radius 3 is 2.53 bits per heavy atom. The first-order valence-corrected chi connectivity index (χ1v) is 10.1. The third kappa shape index (κ3) is 6.86. The van der Waals surface area contributed by atoms with Gasteiger partial charge in [-0.1, -0.05) is 41.9 Å². The number of nitrogens with zero attached hydrogens (tertiary/aromatic N) is 1. The predicted molar refractivity (Wildman–Crippen MR) is 113 cm³/mol. The third-order valence-corrected chi connectivity index (χ3v) is 5.00. The van der Waals surface area contributed by atoms with Crippen LogP contribution in [0.4, 0.5) is 0 Å². The Bertz CT molecular complexity index is 874. The molecule has 0 aromatic heterocycles. The summed E-state index contributed by atoms with van der Waals surface area (Å²) < 4.78 is 4.94. The molecule has 1 atom stereocenters. The van der Waals surface area contributed by atoms with Crippen LogP contribution >= 0.6 is 11.6 Å². The van der Waals surface area contributed by atoms with Gasteiger partial charge in [0, 0.05) is 36.3 Å². The summed E-state index contributed by atoms with van der Waals surface area (Å²) in [6.45, 7) is 1.81. The number of carbonyl (C=O) groups is 3. The molecule has 2 N–H and O–H groups in total. The third-order valence-electron chi connectivity index (χ3n) is 4.75. The molecule has 1 fully saturated rings. The summed E-state index contributed by atoms with van der Waals surface area (Å²) in [6.07, 6.45) is 0.851.